The molecule has 120 valence electrons. The van der Waals surface area contributed by atoms with Gasteiger partial charge in [-0.05, 0) is 42.5 Å². The molecule has 0 spiro atoms. The summed E-state index contributed by atoms with van der Waals surface area (Å²) in [5, 5.41) is 3.59. The van der Waals surface area contributed by atoms with Crippen molar-refractivity contribution in [3.63, 3.8) is 0 Å². The minimum absolute atomic E-state index is 0.227. The first-order valence-electron chi connectivity index (χ1n) is 8.06. The maximum atomic E-state index is 10.8. The van der Waals surface area contributed by atoms with Gasteiger partial charge in [0.15, 0.2) is 0 Å². The largest absolute Gasteiger partial charge is 0.491 e. The number of ether oxygens (including phenoxy) is 1. The van der Waals surface area contributed by atoms with E-state index in [4.69, 9.17) is 10.5 Å². The van der Waals surface area contributed by atoms with Crippen molar-refractivity contribution in [1.29, 1.82) is 0 Å². The van der Waals surface area contributed by atoms with Crippen LogP contribution in [-0.4, -0.2) is 18.6 Å². The summed E-state index contributed by atoms with van der Waals surface area (Å²) < 4.78 is 5.70. The summed E-state index contributed by atoms with van der Waals surface area (Å²) in [4.78, 5) is 10.8. The molecule has 2 aromatic carbocycles. The van der Waals surface area contributed by atoms with Crippen LogP contribution in [0.4, 0.5) is 5.69 Å². The molecule has 1 amide bonds. The van der Waals surface area contributed by atoms with E-state index in [0.29, 0.717) is 12.6 Å². The summed E-state index contributed by atoms with van der Waals surface area (Å²) in [6, 6.07) is 16.9. The number of carbonyl (C=O) groups excluding carboxylic acids is 1. The molecule has 0 fully saturated rings. The Morgan fingerprint density at radius 1 is 1.13 bits per heavy atom. The molecular weight excluding hydrogens is 288 g/mol. The predicted octanol–water partition coefficient (Wildman–Crippen LogP) is 2.91. The number of nitrogens with two attached hydrogens (primary N) is 1. The van der Waals surface area contributed by atoms with Crippen molar-refractivity contribution in [2.45, 2.75) is 31.7 Å². The molecule has 4 heteroatoms. The number of amides is 1. The van der Waals surface area contributed by atoms with Gasteiger partial charge >= 0.3 is 0 Å². The minimum atomic E-state index is -0.348. The maximum Gasteiger partial charge on any atom is 0.220 e. The first kappa shape index (κ1) is 15.4. The highest BCUT2D eigenvalue weighted by Crippen LogP contribution is 2.28. The lowest BCUT2D eigenvalue weighted by Gasteiger charge is -2.27. The van der Waals surface area contributed by atoms with E-state index in [9.17, 15) is 4.79 Å². The lowest BCUT2D eigenvalue weighted by Crippen LogP contribution is -2.27. The van der Waals surface area contributed by atoms with Gasteiger partial charge < -0.3 is 15.8 Å². The standard InChI is InChI=1S/C19H22N2O2/c20-19(22)11-12-23-18-8-4-3-7-17(18)21-16-10-9-14-5-1-2-6-15(14)13-16/h1-8,16,21H,9-13H2,(H2,20,22). The second-order valence-electron chi connectivity index (χ2n) is 5.91. The molecule has 0 aromatic heterocycles. The van der Waals surface area contributed by atoms with Crippen molar-refractivity contribution in [1.82, 2.24) is 0 Å². The highest BCUT2D eigenvalue weighted by atomic mass is 16.5. The summed E-state index contributed by atoms with van der Waals surface area (Å²) in [7, 11) is 0. The van der Waals surface area contributed by atoms with Gasteiger partial charge in [-0.2, -0.15) is 0 Å². The summed E-state index contributed by atoms with van der Waals surface area (Å²) in [6.07, 6.45) is 3.45. The van der Waals surface area contributed by atoms with Crippen molar-refractivity contribution >= 4 is 11.6 Å². The molecule has 2 aromatic rings. The Hall–Kier alpha value is -2.49. The molecule has 0 bridgehead atoms. The van der Waals surface area contributed by atoms with Gasteiger partial charge in [0.05, 0.1) is 18.7 Å². The molecule has 1 aliphatic carbocycles. The van der Waals surface area contributed by atoms with Crippen LogP contribution in [0.3, 0.4) is 0 Å². The van der Waals surface area contributed by atoms with Gasteiger partial charge in [0.2, 0.25) is 5.91 Å². The van der Waals surface area contributed by atoms with Crippen molar-refractivity contribution in [3.8, 4) is 5.75 Å². The molecule has 4 nitrogen and oxygen atoms in total. The third kappa shape index (κ3) is 4.03. The molecule has 0 aliphatic heterocycles. The van der Waals surface area contributed by atoms with Crippen LogP contribution >= 0.6 is 0 Å². The Bertz CT molecular complexity index is 685. The van der Waals surface area contributed by atoms with E-state index in [1.165, 1.54) is 11.1 Å². The number of fused-ring (bicyclic) bond motifs is 1. The van der Waals surface area contributed by atoms with E-state index in [-0.39, 0.29) is 12.3 Å². The van der Waals surface area contributed by atoms with E-state index in [1.807, 2.05) is 24.3 Å². The zero-order valence-corrected chi connectivity index (χ0v) is 13.1. The molecule has 1 unspecified atom stereocenters. The Balaban J connectivity index is 1.65. The van der Waals surface area contributed by atoms with E-state index in [2.05, 4.69) is 29.6 Å². The fourth-order valence-electron chi connectivity index (χ4n) is 3.01. The van der Waals surface area contributed by atoms with Crippen molar-refractivity contribution in [2.75, 3.05) is 11.9 Å². The predicted molar refractivity (Wildman–Crippen MR) is 91.6 cm³/mol. The topological polar surface area (TPSA) is 64.4 Å². The monoisotopic (exact) mass is 310 g/mol. The summed E-state index contributed by atoms with van der Waals surface area (Å²) in [5.74, 6) is 0.423. The smallest absolute Gasteiger partial charge is 0.220 e. The molecule has 0 heterocycles. The lowest BCUT2D eigenvalue weighted by atomic mass is 9.88. The van der Waals surface area contributed by atoms with Crippen molar-refractivity contribution < 1.29 is 9.53 Å². The van der Waals surface area contributed by atoms with E-state index in [0.717, 1.165) is 30.7 Å². The zero-order valence-electron chi connectivity index (χ0n) is 13.1. The van der Waals surface area contributed by atoms with Crippen LogP contribution in [0.25, 0.3) is 0 Å². The number of para-hydroxylation sites is 2. The number of nitrogens with one attached hydrogen (secondary N) is 1. The lowest BCUT2D eigenvalue weighted by molar-refractivity contribution is -0.118. The second-order valence-corrected chi connectivity index (χ2v) is 5.91. The number of benzene rings is 2. The van der Waals surface area contributed by atoms with Gasteiger partial charge in [-0.1, -0.05) is 36.4 Å². The Labute approximate surface area is 136 Å². The van der Waals surface area contributed by atoms with Crippen LogP contribution in [-0.2, 0) is 17.6 Å². The first-order valence-corrected chi connectivity index (χ1v) is 8.06. The van der Waals surface area contributed by atoms with Gasteiger partial charge in [-0.15, -0.1) is 0 Å². The van der Waals surface area contributed by atoms with Gasteiger partial charge in [-0.3, -0.25) is 4.79 Å². The zero-order chi connectivity index (χ0) is 16.1. The molecule has 23 heavy (non-hydrogen) atoms. The number of aryl methyl sites for hydroxylation is 1. The minimum Gasteiger partial charge on any atom is -0.491 e. The Morgan fingerprint density at radius 2 is 1.87 bits per heavy atom. The van der Waals surface area contributed by atoms with Crippen LogP contribution in [0, 0.1) is 0 Å². The van der Waals surface area contributed by atoms with E-state index >= 15 is 0 Å². The maximum absolute atomic E-state index is 10.8. The average molecular weight is 310 g/mol. The Morgan fingerprint density at radius 3 is 2.70 bits per heavy atom. The molecule has 1 aliphatic rings. The fraction of sp³-hybridized carbons (Fsp3) is 0.316. The molecule has 0 saturated heterocycles. The van der Waals surface area contributed by atoms with Crippen LogP contribution in [0.15, 0.2) is 48.5 Å². The third-order valence-electron chi connectivity index (χ3n) is 4.20. The normalized spacial score (nSPS) is 16.4. The number of hydrogen-bond acceptors (Lipinski definition) is 3. The van der Waals surface area contributed by atoms with Crippen molar-refractivity contribution in [2.24, 2.45) is 5.73 Å². The number of primary amides is 1. The highest BCUT2D eigenvalue weighted by Gasteiger charge is 2.19. The van der Waals surface area contributed by atoms with Gasteiger partial charge in [0.25, 0.3) is 0 Å². The van der Waals surface area contributed by atoms with E-state index in [1.54, 1.807) is 0 Å². The first-order chi connectivity index (χ1) is 11.2. The molecule has 3 N–H and O–H groups in total. The van der Waals surface area contributed by atoms with Crippen LogP contribution < -0.4 is 15.8 Å². The quantitative estimate of drug-likeness (QED) is 0.862. The molecule has 3 rings (SSSR count). The van der Waals surface area contributed by atoms with Crippen LogP contribution in [0.5, 0.6) is 5.75 Å². The van der Waals surface area contributed by atoms with Crippen LogP contribution in [0.1, 0.15) is 24.0 Å². The molecule has 0 saturated carbocycles. The van der Waals surface area contributed by atoms with E-state index < -0.39 is 0 Å². The van der Waals surface area contributed by atoms with Crippen LogP contribution in [0.2, 0.25) is 0 Å². The molecule has 1 atom stereocenters. The summed E-state index contributed by atoms with van der Waals surface area (Å²) >= 11 is 0. The number of carbonyl (C=O) groups is 1. The average Bonchev–Trinajstić information content (AvgIpc) is 2.56. The van der Waals surface area contributed by atoms with Crippen molar-refractivity contribution in [3.05, 3.63) is 59.7 Å². The fourth-order valence-corrected chi connectivity index (χ4v) is 3.01. The summed E-state index contributed by atoms with van der Waals surface area (Å²) in [6.45, 7) is 0.307. The number of hydrogen-bond donors (Lipinski definition) is 2. The van der Waals surface area contributed by atoms with Gasteiger partial charge in [-0.25, -0.2) is 0 Å². The van der Waals surface area contributed by atoms with Gasteiger partial charge in [0, 0.05) is 6.04 Å². The summed E-state index contributed by atoms with van der Waals surface area (Å²) in [5.41, 5.74) is 9.00. The highest BCUT2D eigenvalue weighted by molar-refractivity contribution is 5.73. The number of anilines is 1. The third-order valence-corrected chi connectivity index (χ3v) is 4.20. The van der Waals surface area contributed by atoms with Gasteiger partial charge in [0.1, 0.15) is 5.75 Å². The molecule has 0 radical (unpaired) electrons. The number of rotatable bonds is 6. The Kier molecular flexibility index (Phi) is 4.81. The SMILES string of the molecule is NC(=O)CCOc1ccccc1NC1CCc2ccccc2C1. The second kappa shape index (κ2) is 7.18. The molecular formula is C19H22N2O2.